The van der Waals surface area contributed by atoms with Crippen molar-refractivity contribution in [3.63, 3.8) is 0 Å². The highest BCUT2D eigenvalue weighted by atomic mass is 19.1. The first-order valence-corrected chi connectivity index (χ1v) is 6.80. The van der Waals surface area contributed by atoms with Crippen LogP contribution >= 0.6 is 0 Å². The molecule has 0 unspecified atom stereocenters. The summed E-state index contributed by atoms with van der Waals surface area (Å²) in [6, 6.07) is 5.76. The van der Waals surface area contributed by atoms with E-state index in [2.05, 4.69) is 10.3 Å². The topological polar surface area (TPSA) is 29.9 Å². The molecule has 1 heterocycles. The first-order valence-electron chi connectivity index (χ1n) is 6.80. The van der Waals surface area contributed by atoms with Gasteiger partial charge in [-0.15, -0.1) is 0 Å². The molecule has 19 heavy (non-hydrogen) atoms. The van der Waals surface area contributed by atoms with Crippen molar-refractivity contribution in [1.29, 1.82) is 0 Å². The average Bonchev–Trinajstić information content (AvgIpc) is 3.05. The van der Waals surface area contributed by atoms with Crippen LogP contribution in [-0.4, -0.2) is 15.6 Å². The van der Waals surface area contributed by atoms with Gasteiger partial charge in [0.05, 0.1) is 5.69 Å². The van der Waals surface area contributed by atoms with Gasteiger partial charge in [-0.25, -0.2) is 9.37 Å². The monoisotopic (exact) mass is 259 g/mol. The van der Waals surface area contributed by atoms with Crippen molar-refractivity contribution in [1.82, 2.24) is 9.55 Å². The van der Waals surface area contributed by atoms with Gasteiger partial charge in [0.2, 0.25) is 5.95 Å². The van der Waals surface area contributed by atoms with Gasteiger partial charge in [0, 0.05) is 18.4 Å². The molecule has 3 nitrogen and oxygen atoms in total. The molecule has 100 valence electrons. The number of rotatable bonds is 3. The molecule has 0 spiro atoms. The van der Waals surface area contributed by atoms with Crippen LogP contribution in [0.3, 0.4) is 0 Å². The predicted octanol–water partition coefficient (Wildman–Crippen LogP) is 3.67. The highest BCUT2D eigenvalue weighted by Gasteiger charge is 2.17. The van der Waals surface area contributed by atoms with Crippen LogP contribution in [0.4, 0.5) is 10.3 Å². The van der Waals surface area contributed by atoms with E-state index in [4.69, 9.17) is 0 Å². The van der Waals surface area contributed by atoms with Crippen molar-refractivity contribution < 1.29 is 4.39 Å². The fourth-order valence-electron chi connectivity index (χ4n) is 2.60. The summed E-state index contributed by atoms with van der Waals surface area (Å²) in [7, 11) is 0. The van der Waals surface area contributed by atoms with Gasteiger partial charge in [-0.3, -0.25) is 4.57 Å². The lowest BCUT2D eigenvalue weighted by Gasteiger charge is -2.15. The lowest BCUT2D eigenvalue weighted by Crippen LogP contribution is -2.17. The zero-order valence-corrected chi connectivity index (χ0v) is 11.1. The second-order valence-electron chi connectivity index (χ2n) is 5.18. The Hall–Kier alpha value is -1.84. The maximum atomic E-state index is 13.7. The Morgan fingerprint density at radius 3 is 2.84 bits per heavy atom. The van der Waals surface area contributed by atoms with Gasteiger partial charge in [-0.05, 0) is 37.5 Å². The number of aryl methyl sites for hydroxylation is 1. The molecule has 0 radical (unpaired) electrons. The predicted molar refractivity (Wildman–Crippen MR) is 74.1 cm³/mol. The van der Waals surface area contributed by atoms with Crippen LogP contribution in [0, 0.1) is 12.7 Å². The molecule has 1 saturated carbocycles. The highest BCUT2D eigenvalue weighted by Crippen LogP contribution is 2.23. The Balaban J connectivity index is 1.87. The molecule has 1 aromatic heterocycles. The van der Waals surface area contributed by atoms with Crippen LogP contribution in [0.2, 0.25) is 0 Å². The standard InChI is InChI=1S/C15H18FN3/c1-11-6-7-13(10-14(11)16)19-9-8-17-15(19)18-12-4-2-3-5-12/h6-10,12H,2-5H2,1H3,(H,17,18). The van der Waals surface area contributed by atoms with E-state index >= 15 is 0 Å². The van der Waals surface area contributed by atoms with Crippen LogP contribution in [0.15, 0.2) is 30.6 Å². The van der Waals surface area contributed by atoms with E-state index in [1.165, 1.54) is 25.7 Å². The molecule has 2 aromatic rings. The third kappa shape index (κ3) is 2.48. The Labute approximate surface area is 112 Å². The molecule has 1 aliphatic carbocycles. The molecule has 1 N–H and O–H groups in total. The van der Waals surface area contributed by atoms with E-state index in [1.54, 1.807) is 25.3 Å². The third-order valence-electron chi connectivity index (χ3n) is 3.76. The summed E-state index contributed by atoms with van der Waals surface area (Å²) < 4.78 is 15.6. The zero-order valence-electron chi connectivity index (χ0n) is 11.1. The van der Waals surface area contributed by atoms with E-state index in [0.29, 0.717) is 11.6 Å². The Bertz CT molecular complexity index is 571. The minimum Gasteiger partial charge on any atom is -0.353 e. The number of hydrogen-bond donors (Lipinski definition) is 1. The van der Waals surface area contributed by atoms with Crippen LogP contribution < -0.4 is 5.32 Å². The van der Waals surface area contributed by atoms with Crippen LogP contribution in [0.5, 0.6) is 0 Å². The van der Waals surface area contributed by atoms with Crippen LogP contribution in [0.1, 0.15) is 31.2 Å². The molecular weight excluding hydrogens is 241 g/mol. The van der Waals surface area contributed by atoms with Gasteiger partial charge in [0.15, 0.2) is 0 Å². The molecule has 0 amide bonds. The van der Waals surface area contributed by atoms with Gasteiger partial charge in [0.25, 0.3) is 0 Å². The van der Waals surface area contributed by atoms with Gasteiger partial charge < -0.3 is 5.32 Å². The number of halogens is 1. The molecule has 0 atom stereocenters. The number of imidazole rings is 1. The van der Waals surface area contributed by atoms with Gasteiger partial charge in [0.1, 0.15) is 5.82 Å². The zero-order chi connectivity index (χ0) is 13.2. The summed E-state index contributed by atoms with van der Waals surface area (Å²) in [4.78, 5) is 4.34. The summed E-state index contributed by atoms with van der Waals surface area (Å²) in [6.45, 7) is 1.77. The van der Waals surface area contributed by atoms with E-state index in [0.717, 1.165) is 11.6 Å². The molecule has 1 aromatic carbocycles. The molecule has 1 aliphatic rings. The lowest BCUT2D eigenvalue weighted by molar-refractivity contribution is 0.617. The van der Waals surface area contributed by atoms with Crippen molar-refractivity contribution in [2.45, 2.75) is 38.6 Å². The normalized spacial score (nSPS) is 15.9. The van der Waals surface area contributed by atoms with Crippen LogP contribution in [-0.2, 0) is 0 Å². The number of anilines is 1. The van der Waals surface area contributed by atoms with Gasteiger partial charge in [-0.1, -0.05) is 18.9 Å². The van der Waals surface area contributed by atoms with Crippen molar-refractivity contribution in [3.8, 4) is 5.69 Å². The molecule has 0 saturated heterocycles. The molecule has 3 rings (SSSR count). The first kappa shape index (κ1) is 12.2. The summed E-state index contributed by atoms with van der Waals surface area (Å²) in [5.41, 5.74) is 1.47. The van der Waals surface area contributed by atoms with Crippen molar-refractivity contribution in [2.75, 3.05) is 5.32 Å². The molecule has 0 bridgehead atoms. The molecular formula is C15H18FN3. The third-order valence-corrected chi connectivity index (χ3v) is 3.76. The maximum Gasteiger partial charge on any atom is 0.207 e. The lowest BCUT2D eigenvalue weighted by atomic mass is 10.2. The van der Waals surface area contributed by atoms with Crippen molar-refractivity contribution in [2.24, 2.45) is 0 Å². The minimum absolute atomic E-state index is 0.182. The number of nitrogens with zero attached hydrogens (tertiary/aromatic N) is 2. The summed E-state index contributed by atoms with van der Waals surface area (Å²) >= 11 is 0. The maximum absolute atomic E-state index is 13.7. The van der Waals surface area contributed by atoms with Crippen molar-refractivity contribution in [3.05, 3.63) is 42.0 Å². The smallest absolute Gasteiger partial charge is 0.207 e. The van der Waals surface area contributed by atoms with Gasteiger partial charge >= 0.3 is 0 Å². The summed E-state index contributed by atoms with van der Waals surface area (Å²) in [5.74, 6) is 0.619. The van der Waals surface area contributed by atoms with E-state index in [9.17, 15) is 4.39 Å². The number of aromatic nitrogens is 2. The average molecular weight is 259 g/mol. The number of benzene rings is 1. The molecule has 0 aliphatic heterocycles. The molecule has 4 heteroatoms. The highest BCUT2D eigenvalue weighted by molar-refractivity contribution is 5.43. The Morgan fingerprint density at radius 1 is 1.32 bits per heavy atom. The van der Waals surface area contributed by atoms with Gasteiger partial charge in [-0.2, -0.15) is 0 Å². The largest absolute Gasteiger partial charge is 0.353 e. The molecule has 1 fully saturated rings. The van der Waals surface area contributed by atoms with Crippen molar-refractivity contribution >= 4 is 5.95 Å². The quantitative estimate of drug-likeness (QED) is 0.911. The fourth-order valence-corrected chi connectivity index (χ4v) is 2.60. The summed E-state index contributed by atoms with van der Waals surface area (Å²) in [5, 5.41) is 3.45. The van der Waals surface area contributed by atoms with Crippen LogP contribution in [0.25, 0.3) is 5.69 Å². The first-order chi connectivity index (χ1) is 9.24. The van der Waals surface area contributed by atoms with E-state index in [-0.39, 0.29) is 5.82 Å². The van der Waals surface area contributed by atoms with E-state index in [1.807, 2.05) is 16.8 Å². The number of nitrogens with one attached hydrogen (secondary N) is 1. The second-order valence-corrected chi connectivity index (χ2v) is 5.18. The SMILES string of the molecule is Cc1ccc(-n2ccnc2NC2CCCC2)cc1F. The fraction of sp³-hybridized carbons (Fsp3) is 0.400. The second kappa shape index (κ2) is 5.03. The summed E-state index contributed by atoms with van der Waals surface area (Å²) in [6.07, 6.45) is 8.54. The Kier molecular flexibility index (Phi) is 3.23. The minimum atomic E-state index is -0.182. The number of hydrogen-bond acceptors (Lipinski definition) is 2. The van der Waals surface area contributed by atoms with E-state index < -0.39 is 0 Å². The Morgan fingerprint density at radius 2 is 2.11 bits per heavy atom.